The van der Waals surface area contributed by atoms with E-state index in [2.05, 4.69) is 22.4 Å². The first-order chi connectivity index (χ1) is 14.9. The summed E-state index contributed by atoms with van der Waals surface area (Å²) in [6.07, 6.45) is 3.02. The summed E-state index contributed by atoms with van der Waals surface area (Å²) in [5, 5.41) is 3.43. The van der Waals surface area contributed by atoms with Crippen LogP contribution in [0.4, 0.5) is 5.13 Å². The van der Waals surface area contributed by atoms with Crippen LogP contribution < -0.4 is 5.32 Å². The van der Waals surface area contributed by atoms with E-state index in [4.69, 9.17) is 0 Å². The van der Waals surface area contributed by atoms with Crippen LogP contribution in [0, 0.1) is 6.92 Å². The minimum atomic E-state index is -3.73. The molecule has 1 aromatic heterocycles. The maximum absolute atomic E-state index is 13.1. The van der Waals surface area contributed by atoms with Gasteiger partial charge in [0.15, 0.2) is 5.13 Å². The molecule has 0 saturated carbocycles. The fourth-order valence-corrected chi connectivity index (χ4v) is 6.96. The van der Waals surface area contributed by atoms with Gasteiger partial charge in [-0.15, -0.1) is 11.3 Å². The van der Waals surface area contributed by atoms with Crippen molar-refractivity contribution in [3.8, 4) is 11.3 Å². The Hall–Kier alpha value is -2.55. The number of rotatable bonds is 4. The van der Waals surface area contributed by atoms with E-state index in [9.17, 15) is 13.2 Å². The van der Waals surface area contributed by atoms with Crippen LogP contribution in [0.25, 0.3) is 11.3 Å². The summed E-state index contributed by atoms with van der Waals surface area (Å²) < 4.78 is 27.6. The zero-order valence-corrected chi connectivity index (χ0v) is 18.8. The quantitative estimate of drug-likeness (QED) is 0.647. The van der Waals surface area contributed by atoms with Crippen molar-refractivity contribution in [2.75, 3.05) is 11.9 Å². The molecule has 2 heterocycles. The Balaban J connectivity index is 1.37. The van der Waals surface area contributed by atoms with Gasteiger partial charge in [-0.1, -0.05) is 42.0 Å². The fraction of sp³-hybridized carbons (Fsp3) is 0.304. The number of thiazole rings is 1. The highest BCUT2D eigenvalue weighted by atomic mass is 32.2. The molecule has 1 fully saturated rings. The molecule has 0 spiro atoms. The molecule has 1 saturated heterocycles. The summed E-state index contributed by atoms with van der Waals surface area (Å²) in [5.41, 5.74) is 4.30. The summed E-state index contributed by atoms with van der Waals surface area (Å²) in [6, 6.07) is 14.2. The van der Waals surface area contributed by atoms with Gasteiger partial charge < -0.3 is 5.32 Å². The first-order valence-corrected chi connectivity index (χ1v) is 12.7. The number of anilines is 1. The Morgan fingerprint density at radius 3 is 2.71 bits per heavy atom. The predicted molar refractivity (Wildman–Crippen MR) is 122 cm³/mol. The topological polar surface area (TPSA) is 79.4 Å². The van der Waals surface area contributed by atoms with Crippen LogP contribution in [0.2, 0.25) is 0 Å². The number of amides is 1. The van der Waals surface area contributed by atoms with E-state index in [0.717, 1.165) is 34.5 Å². The minimum absolute atomic E-state index is 0.221. The SMILES string of the molecule is Cc1ccc(S(=O)(=O)N2CCCC2C(=O)Nc2nc3c(s2)CCc2ccccc2-3)cc1. The van der Waals surface area contributed by atoms with Crippen molar-refractivity contribution in [1.29, 1.82) is 0 Å². The van der Waals surface area contributed by atoms with E-state index >= 15 is 0 Å². The van der Waals surface area contributed by atoms with Crippen molar-refractivity contribution >= 4 is 32.4 Å². The molecule has 1 unspecified atom stereocenters. The van der Waals surface area contributed by atoms with Gasteiger partial charge in [0.1, 0.15) is 6.04 Å². The van der Waals surface area contributed by atoms with E-state index < -0.39 is 16.1 Å². The molecular formula is C23H23N3O3S2. The molecule has 8 heteroatoms. The summed E-state index contributed by atoms with van der Waals surface area (Å²) in [4.78, 5) is 19.1. The Bertz CT molecular complexity index is 1250. The molecule has 31 heavy (non-hydrogen) atoms. The summed E-state index contributed by atoms with van der Waals surface area (Å²) in [7, 11) is -3.73. The number of nitrogens with one attached hydrogen (secondary N) is 1. The average molecular weight is 454 g/mol. The number of fused-ring (bicyclic) bond motifs is 3. The lowest BCUT2D eigenvalue weighted by Crippen LogP contribution is -2.43. The van der Waals surface area contributed by atoms with Gasteiger partial charge in [-0.2, -0.15) is 4.31 Å². The lowest BCUT2D eigenvalue weighted by molar-refractivity contribution is -0.119. The van der Waals surface area contributed by atoms with Crippen LogP contribution in [0.3, 0.4) is 0 Å². The third-order valence-electron chi connectivity index (χ3n) is 5.96. The number of hydrogen-bond acceptors (Lipinski definition) is 5. The van der Waals surface area contributed by atoms with Crippen molar-refractivity contribution < 1.29 is 13.2 Å². The highest BCUT2D eigenvalue weighted by Crippen LogP contribution is 2.38. The molecular weight excluding hydrogens is 430 g/mol. The Labute approximate surface area is 186 Å². The van der Waals surface area contributed by atoms with Gasteiger partial charge in [0.05, 0.1) is 10.6 Å². The van der Waals surface area contributed by atoms with Gasteiger partial charge in [0, 0.05) is 17.0 Å². The monoisotopic (exact) mass is 453 g/mol. The standard InChI is InChI=1S/C23H23N3O3S2/c1-15-8-11-17(12-9-15)31(28,29)26-14-4-7-19(26)22(27)25-23-24-21-18-6-3-2-5-16(18)10-13-20(21)30-23/h2-3,5-6,8-9,11-12,19H,4,7,10,13-14H2,1H3,(H,24,25,27). The third kappa shape index (κ3) is 3.69. The van der Waals surface area contributed by atoms with Crippen LogP contribution >= 0.6 is 11.3 Å². The van der Waals surface area contributed by atoms with Crippen LogP contribution in [0.1, 0.15) is 28.8 Å². The first-order valence-electron chi connectivity index (χ1n) is 10.4. The molecule has 1 amide bonds. The van der Waals surface area contributed by atoms with Gasteiger partial charge in [-0.05, 0) is 50.3 Å². The van der Waals surface area contributed by atoms with Crippen LogP contribution in [-0.2, 0) is 27.7 Å². The van der Waals surface area contributed by atoms with Gasteiger partial charge in [-0.25, -0.2) is 13.4 Å². The summed E-state index contributed by atoms with van der Waals surface area (Å²) >= 11 is 1.48. The first kappa shape index (κ1) is 20.4. The number of aromatic nitrogens is 1. The predicted octanol–water partition coefficient (Wildman–Crippen LogP) is 4.01. The van der Waals surface area contributed by atoms with Crippen LogP contribution in [-0.4, -0.2) is 36.2 Å². The van der Waals surface area contributed by atoms with E-state index in [1.165, 1.54) is 21.2 Å². The Morgan fingerprint density at radius 2 is 1.90 bits per heavy atom. The van der Waals surface area contributed by atoms with Crippen molar-refractivity contribution in [3.63, 3.8) is 0 Å². The molecule has 6 nitrogen and oxygen atoms in total. The summed E-state index contributed by atoms with van der Waals surface area (Å²) in [6.45, 7) is 2.25. The number of carbonyl (C=O) groups is 1. The zero-order chi connectivity index (χ0) is 21.6. The highest BCUT2D eigenvalue weighted by Gasteiger charge is 2.39. The van der Waals surface area contributed by atoms with Crippen molar-refractivity contribution in [2.45, 2.75) is 43.5 Å². The Morgan fingerprint density at radius 1 is 1.13 bits per heavy atom. The van der Waals surface area contributed by atoms with Gasteiger partial charge in [-0.3, -0.25) is 4.79 Å². The minimum Gasteiger partial charge on any atom is -0.301 e. The van der Waals surface area contributed by atoms with Crippen molar-refractivity contribution in [1.82, 2.24) is 9.29 Å². The number of nitrogens with zero attached hydrogens (tertiary/aromatic N) is 2. The molecule has 160 valence electrons. The lowest BCUT2D eigenvalue weighted by atomic mass is 9.94. The molecule has 1 aliphatic carbocycles. The van der Waals surface area contributed by atoms with Gasteiger partial charge in [0.25, 0.3) is 0 Å². The van der Waals surface area contributed by atoms with Crippen LogP contribution in [0.5, 0.6) is 0 Å². The van der Waals surface area contributed by atoms with Gasteiger partial charge in [0.2, 0.25) is 15.9 Å². The Kier molecular flexibility index (Phi) is 5.16. The van der Waals surface area contributed by atoms with E-state index in [1.807, 2.05) is 19.1 Å². The molecule has 2 aromatic carbocycles. The van der Waals surface area contributed by atoms with Gasteiger partial charge >= 0.3 is 0 Å². The molecule has 1 atom stereocenters. The van der Waals surface area contributed by atoms with Crippen molar-refractivity contribution in [3.05, 3.63) is 64.5 Å². The summed E-state index contributed by atoms with van der Waals surface area (Å²) in [5.74, 6) is -0.312. The number of benzene rings is 2. The maximum Gasteiger partial charge on any atom is 0.244 e. The molecule has 5 rings (SSSR count). The van der Waals surface area contributed by atoms with E-state index in [0.29, 0.717) is 24.5 Å². The van der Waals surface area contributed by atoms with E-state index in [-0.39, 0.29) is 10.8 Å². The molecule has 2 aliphatic rings. The second-order valence-corrected chi connectivity index (χ2v) is 11.0. The number of carbonyl (C=O) groups excluding carboxylic acids is 1. The number of aryl methyl sites for hydroxylation is 3. The largest absolute Gasteiger partial charge is 0.301 e. The maximum atomic E-state index is 13.1. The average Bonchev–Trinajstić information content (AvgIpc) is 3.41. The molecule has 1 N–H and O–H groups in total. The van der Waals surface area contributed by atoms with Crippen LogP contribution in [0.15, 0.2) is 53.4 Å². The second kappa shape index (κ2) is 7.85. The van der Waals surface area contributed by atoms with Crippen molar-refractivity contribution in [2.24, 2.45) is 0 Å². The molecule has 1 aliphatic heterocycles. The third-order valence-corrected chi connectivity index (χ3v) is 8.91. The normalized spacial score (nSPS) is 18.4. The molecule has 0 radical (unpaired) electrons. The second-order valence-electron chi connectivity index (χ2n) is 8.02. The number of sulfonamides is 1. The fourth-order valence-electron chi connectivity index (χ4n) is 4.33. The molecule has 3 aromatic rings. The lowest BCUT2D eigenvalue weighted by Gasteiger charge is -2.23. The smallest absolute Gasteiger partial charge is 0.244 e. The molecule has 0 bridgehead atoms. The highest BCUT2D eigenvalue weighted by molar-refractivity contribution is 7.89. The zero-order valence-electron chi connectivity index (χ0n) is 17.2. The van der Waals surface area contributed by atoms with E-state index in [1.54, 1.807) is 24.3 Å². The number of hydrogen-bond donors (Lipinski definition) is 1.